The Morgan fingerprint density at radius 3 is 2.40 bits per heavy atom. The average molecular weight is 340 g/mol. The topological polar surface area (TPSA) is 46.5 Å². The summed E-state index contributed by atoms with van der Waals surface area (Å²) in [7, 11) is 0. The minimum atomic E-state index is -1.20. The molecule has 0 spiro atoms. The van der Waals surface area contributed by atoms with Crippen molar-refractivity contribution in [1.82, 2.24) is 0 Å². The Balaban J connectivity index is 2.05. The maximum absolute atomic E-state index is 11.2. The van der Waals surface area contributed by atoms with E-state index in [1.54, 1.807) is 0 Å². The first-order chi connectivity index (χ1) is 12.2. The van der Waals surface area contributed by atoms with Crippen molar-refractivity contribution in [3.05, 3.63) is 70.8 Å². The summed E-state index contributed by atoms with van der Waals surface area (Å²) in [4.78, 5) is 11.2. The maximum Gasteiger partial charge on any atom is 0.506 e. The molecule has 0 bridgehead atoms. The second-order valence-electron chi connectivity index (χ2n) is 6.30. The molecule has 0 saturated carbocycles. The molecule has 0 aromatic heterocycles. The predicted molar refractivity (Wildman–Crippen MR) is 101 cm³/mol. The first kappa shape index (κ1) is 19.0. The van der Waals surface area contributed by atoms with Gasteiger partial charge in [-0.1, -0.05) is 62.4 Å². The monoisotopic (exact) mass is 340 g/mol. The van der Waals surface area contributed by atoms with Gasteiger partial charge in [-0.15, -0.1) is 0 Å². The van der Waals surface area contributed by atoms with Gasteiger partial charge in [0.05, 0.1) is 0 Å². The lowest BCUT2D eigenvalue weighted by Gasteiger charge is -2.21. The lowest BCUT2D eigenvalue weighted by molar-refractivity contribution is 0.0461. The standard InChI is InChI=1S/C22H28O3/c1-3-18-14-10-15-20(19(18)4-2)21(25-22(23)24)16-9-8-13-17-11-6-5-7-12-17/h5-7,10-12,14-15,21H,3-4,8-9,13,16H2,1-2H3,(H,23,24). The Hall–Kier alpha value is -2.29. The molecular weight excluding hydrogens is 312 g/mol. The average Bonchev–Trinajstić information content (AvgIpc) is 2.64. The number of benzene rings is 2. The van der Waals surface area contributed by atoms with Crippen molar-refractivity contribution in [3.63, 3.8) is 0 Å². The molecule has 2 aromatic carbocycles. The van der Waals surface area contributed by atoms with Gasteiger partial charge in [0.1, 0.15) is 6.10 Å². The molecule has 3 heteroatoms. The molecule has 0 aliphatic rings. The Bertz CT molecular complexity index is 664. The third-order valence-electron chi connectivity index (χ3n) is 4.66. The van der Waals surface area contributed by atoms with Gasteiger partial charge in [0.15, 0.2) is 0 Å². The molecule has 0 saturated heterocycles. The molecule has 0 aliphatic carbocycles. The summed E-state index contributed by atoms with van der Waals surface area (Å²) in [6.45, 7) is 4.25. The molecule has 1 unspecified atom stereocenters. The molecule has 2 aromatic rings. The third kappa shape index (κ3) is 5.63. The fourth-order valence-corrected chi connectivity index (χ4v) is 3.42. The van der Waals surface area contributed by atoms with Crippen LogP contribution >= 0.6 is 0 Å². The molecule has 1 N–H and O–H groups in total. The van der Waals surface area contributed by atoms with Crippen molar-refractivity contribution in [2.45, 2.75) is 58.5 Å². The number of carbonyl (C=O) groups is 1. The molecule has 0 heterocycles. The molecule has 3 nitrogen and oxygen atoms in total. The van der Waals surface area contributed by atoms with Crippen molar-refractivity contribution in [1.29, 1.82) is 0 Å². The van der Waals surface area contributed by atoms with Crippen molar-refractivity contribution in [2.24, 2.45) is 0 Å². The molecule has 0 amide bonds. The molecule has 134 valence electrons. The van der Waals surface area contributed by atoms with Crippen LogP contribution in [0.4, 0.5) is 4.79 Å². The highest BCUT2D eigenvalue weighted by atomic mass is 16.7. The van der Waals surface area contributed by atoms with E-state index in [9.17, 15) is 4.79 Å². The van der Waals surface area contributed by atoms with Crippen LogP contribution in [0.25, 0.3) is 0 Å². The molecule has 25 heavy (non-hydrogen) atoms. The smallest absolute Gasteiger partial charge is 0.450 e. The SMILES string of the molecule is CCc1cccc(C(CCCCc2ccccc2)OC(=O)O)c1CC. The van der Waals surface area contributed by atoms with Gasteiger partial charge in [0.25, 0.3) is 0 Å². The molecule has 2 rings (SSSR count). The molecule has 0 fully saturated rings. The number of carboxylic acid groups (broad SMARTS) is 1. The summed E-state index contributed by atoms with van der Waals surface area (Å²) < 4.78 is 5.25. The lowest BCUT2D eigenvalue weighted by Crippen LogP contribution is -2.12. The van der Waals surface area contributed by atoms with E-state index in [2.05, 4.69) is 44.2 Å². The minimum absolute atomic E-state index is 0.380. The number of hydrogen-bond donors (Lipinski definition) is 1. The van der Waals surface area contributed by atoms with Gasteiger partial charge >= 0.3 is 6.16 Å². The van der Waals surface area contributed by atoms with Crippen LogP contribution in [-0.2, 0) is 24.0 Å². The summed E-state index contributed by atoms with van der Waals surface area (Å²) in [6, 6.07) is 16.5. The second kappa shape index (κ2) is 9.87. The molecule has 0 aliphatic heterocycles. The van der Waals surface area contributed by atoms with Crippen LogP contribution < -0.4 is 0 Å². The number of ether oxygens (including phenoxy) is 1. The highest BCUT2D eigenvalue weighted by Gasteiger charge is 2.20. The summed E-state index contributed by atoms with van der Waals surface area (Å²) in [6.07, 6.45) is 3.96. The van der Waals surface area contributed by atoms with Crippen molar-refractivity contribution in [3.8, 4) is 0 Å². The van der Waals surface area contributed by atoms with Crippen LogP contribution in [0.15, 0.2) is 48.5 Å². The maximum atomic E-state index is 11.2. The largest absolute Gasteiger partial charge is 0.506 e. The van der Waals surface area contributed by atoms with Gasteiger partial charge in [-0.05, 0) is 60.8 Å². The van der Waals surface area contributed by atoms with Crippen molar-refractivity contribution >= 4 is 6.16 Å². The van der Waals surface area contributed by atoms with E-state index >= 15 is 0 Å². The van der Waals surface area contributed by atoms with E-state index in [-0.39, 0.29) is 6.10 Å². The highest BCUT2D eigenvalue weighted by Crippen LogP contribution is 2.30. The first-order valence-electron chi connectivity index (χ1n) is 9.19. The Morgan fingerprint density at radius 2 is 1.76 bits per heavy atom. The van der Waals surface area contributed by atoms with Gasteiger partial charge < -0.3 is 9.84 Å². The Kier molecular flexibility index (Phi) is 7.52. The number of aryl methyl sites for hydroxylation is 2. The van der Waals surface area contributed by atoms with E-state index in [0.717, 1.165) is 44.1 Å². The fraction of sp³-hybridized carbons (Fsp3) is 0.409. The Morgan fingerprint density at radius 1 is 1.00 bits per heavy atom. The minimum Gasteiger partial charge on any atom is -0.450 e. The third-order valence-corrected chi connectivity index (χ3v) is 4.66. The van der Waals surface area contributed by atoms with Crippen molar-refractivity contribution < 1.29 is 14.6 Å². The van der Waals surface area contributed by atoms with E-state index in [0.29, 0.717) is 0 Å². The van der Waals surface area contributed by atoms with E-state index < -0.39 is 6.16 Å². The van der Waals surface area contributed by atoms with Gasteiger partial charge in [0.2, 0.25) is 0 Å². The van der Waals surface area contributed by atoms with Crippen molar-refractivity contribution in [2.75, 3.05) is 0 Å². The summed E-state index contributed by atoms with van der Waals surface area (Å²) in [5.74, 6) is 0. The second-order valence-corrected chi connectivity index (χ2v) is 6.30. The van der Waals surface area contributed by atoms with E-state index in [4.69, 9.17) is 9.84 Å². The molecule has 0 radical (unpaired) electrons. The van der Waals surface area contributed by atoms with Gasteiger partial charge in [-0.25, -0.2) is 4.79 Å². The first-order valence-corrected chi connectivity index (χ1v) is 9.19. The molecular formula is C22H28O3. The van der Waals surface area contributed by atoms with Crippen LogP contribution in [-0.4, -0.2) is 11.3 Å². The van der Waals surface area contributed by atoms with Crippen LogP contribution in [0, 0.1) is 0 Å². The van der Waals surface area contributed by atoms with Gasteiger partial charge in [-0.2, -0.15) is 0 Å². The summed E-state index contributed by atoms with van der Waals surface area (Å²) in [5, 5.41) is 9.15. The number of rotatable bonds is 9. The van der Waals surface area contributed by atoms with E-state index in [1.807, 2.05) is 18.2 Å². The van der Waals surface area contributed by atoms with Crippen LogP contribution in [0.5, 0.6) is 0 Å². The zero-order valence-corrected chi connectivity index (χ0v) is 15.2. The quantitative estimate of drug-likeness (QED) is 0.452. The van der Waals surface area contributed by atoms with Crippen LogP contribution in [0.1, 0.15) is 61.5 Å². The lowest BCUT2D eigenvalue weighted by atomic mass is 9.91. The zero-order chi connectivity index (χ0) is 18.1. The van der Waals surface area contributed by atoms with E-state index in [1.165, 1.54) is 16.7 Å². The van der Waals surface area contributed by atoms with Gasteiger partial charge in [-0.3, -0.25) is 0 Å². The Labute approximate surface area is 150 Å². The fourth-order valence-electron chi connectivity index (χ4n) is 3.42. The van der Waals surface area contributed by atoms with Crippen LogP contribution in [0.3, 0.4) is 0 Å². The van der Waals surface area contributed by atoms with Crippen LogP contribution in [0.2, 0.25) is 0 Å². The highest BCUT2D eigenvalue weighted by molar-refractivity contribution is 5.57. The zero-order valence-electron chi connectivity index (χ0n) is 15.2. The summed E-state index contributed by atoms with van der Waals surface area (Å²) >= 11 is 0. The normalized spacial score (nSPS) is 11.9. The number of hydrogen-bond acceptors (Lipinski definition) is 2. The van der Waals surface area contributed by atoms with Gasteiger partial charge in [0, 0.05) is 0 Å². The predicted octanol–water partition coefficient (Wildman–Crippen LogP) is 5.96. The number of unbranched alkanes of at least 4 members (excludes halogenated alkanes) is 1. The summed E-state index contributed by atoms with van der Waals surface area (Å²) in [5.41, 5.74) is 4.87. The molecule has 1 atom stereocenters.